The molecule has 9 nitrogen and oxygen atoms in total. The summed E-state index contributed by atoms with van der Waals surface area (Å²) >= 11 is 5.54. The molecule has 2 rings (SSSR count). The van der Waals surface area contributed by atoms with E-state index in [4.69, 9.17) is 16.3 Å². The second kappa shape index (κ2) is 9.16. The quantitative estimate of drug-likeness (QED) is 0.525. The minimum Gasteiger partial charge on any atom is -0.456 e. The summed E-state index contributed by atoms with van der Waals surface area (Å²) in [7, 11) is -7.14. The topological polar surface area (TPSA) is 136 Å². The van der Waals surface area contributed by atoms with Gasteiger partial charge in [0.1, 0.15) is 5.82 Å². The molecular weight excluding hydrogens is 439 g/mol. The molecule has 1 aromatic rings. The van der Waals surface area contributed by atoms with Crippen LogP contribution in [0.3, 0.4) is 0 Å². The van der Waals surface area contributed by atoms with Gasteiger partial charge < -0.3 is 10.1 Å². The highest BCUT2D eigenvalue weighted by molar-refractivity contribution is 7.91. The highest BCUT2D eigenvalue weighted by atomic mass is 35.5. The lowest BCUT2D eigenvalue weighted by Crippen LogP contribution is -2.38. The van der Waals surface area contributed by atoms with Gasteiger partial charge in [0.15, 0.2) is 16.4 Å². The minimum atomic E-state index is -4.00. The predicted molar refractivity (Wildman–Crippen MR) is 97.4 cm³/mol. The zero-order valence-electron chi connectivity index (χ0n) is 14.5. The van der Waals surface area contributed by atoms with Crippen LogP contribution in [-0.4, -0.2) is 59.4 Å². The first-order valence-corrected chi connectivity index (χ1v) is 11.8. The summed E-state index contributed by atoms with van der Waals surface area (Å²) in [5, 5.41) is 2.09. The monoisotopic (exact) mass is 456 g/mol. The maximum atomic E-state index is 13.1. The lowest BCUT2D eigenvalue weighted by atomic mass is 10.2. The van der Waals surface area contributed by atoms with Crippen LogP contribution in [-0.2, 0) is 34.2 Å². The van der Waals surface area contributed by atoms with E-state index in [1.807, 2.05) is 0 Å². The number of esters is 1. The van der Waals surface area contributed by atoms with Crippen molar-refractivity contribution in [2.24, 2.45) is 0 Å². The van der Waals surface area contributed by atoms with Gasteiger partial charge in [-0.3, -0.25) is 9.59 Å². The van der Waals surface area contributed by atoms with Gasteiger partial charge >= 0.3 is 5.97 Å². The zero-order chi connectivity index (χ0) is 20.9. The molecule has 13 heteroatoms. The van der Waals surface area contributed by atoms with Crippen molar-refractivity contribution in [1.29, 1.82) is 0 Å². The summed E-state index contributed by atoms with van der Waals surface area (Å²) in [5.74, 6) is -2.39. The molecule has 1 aliphatic heterocycles. The van der Waals surface area contributed by atoms with E-state index in [-0.39, 0.29) is 34.4 Å². The van der Waals surface area contributed by atoms with Crippen molar-refractivity contribution in [2.45, 2.75) is 23.8 Å². The smallest absolute Gasteiger partial charge is 0.307 e. The Morgan fingerprint density at radius 2 is 2.04 bits per heavy atom. The molecule has 0 bridgehead atoms. The van der Waals surface area contributed by atoms with E-state index >= 15 is 0 Å². The van der Waals surface area contributed by atoms with Crippen LogP contribution in [0.5, 0.6) is 0 Å². The molecule has 156 valence electrons. The molecule has 1 fully saturated rings. The van der Waals surface area contributed by atoms with Crippen molar-refractivity contribution < 1.29 is 35.6 Å². The number of halogens is 2. The van der Waals surface area contributed by atoms with E-state index in [1.54, 1.807) is 0 Å². The van der Waals surface area contributed by atoms with Crippen LogP contribution in [0, 0.1) is 5.82 Å². The van der Waals surface area contributed by atoms with Crippen molar-refractivity contribution in [1.82, 2.24) is 10.0 Å². The van der Waals surface area contributed by atoms with Crippen LogP contribution < -0.4 is 10.0 Å². The Morgan fingerprint density at radius 1 is 1.32 bits per heavy atom. The largest absolute Gasteiger partial charge is 0.456 e. The summed E-state index contributed by atoms with van der Waals surface area (Å²) in [6, 6.07) is 2.35. The average Bonchev–Trinajstić information content (AvgIpc) is 2.93. The summed E-state index contributed by atoms with van der Waals surface area (Å²) in [4.78, 5) is 23.0. The predicted octanol–water partition coefficient (Wildman–Crippen LogP) is -0.00600. The molecule has 1 saturated heterocycles. The molecule has 1 aromatic carbocycles. The first-order chi connectivity index (χ1) is 13.0. The lowest BCUT2D eigenvalue weighted by molar-refractivity contribution is -0.148. The Kier molecular flexibility index (Phi) is 7.37. The van der Waals surface area contributed by atoms with Gasteiger partial charge in [0.05, 0.1) is 27.8 Å². The van der Waals surface area contributed by atoms with E-state index in [0.29, 0.717) is 6.42 Å². The Morgan fingerprint density at radius 3 is 2.64 bits per heavy atom. The first kappa shape index (κ1) is 22.5. The lowest BCUT2D eigenvalue weighted by Gasteiger charge is -2.11. The van der Waals surface area contributed by atoms with Crippen molar-refractivity contribution in [3.8, 4) is 0 Å². The number of benzene rings is 1. The number of hydrogen-bond donors (Lipinski definition) is 2. The molecule has 0 aromatic heterocycles. The highest BCUT2D eigenvalue weighted by Crippen LogP contribution is 2.19. The van der Waals surface area contributed by atoms with Gasteiger partial charge in [-0.2, -0.15) is 0 Å². The molecule has 1 aliphatic rings. The highest BCUT2D eigenvalue weighted by Gasteiger charge is 2.29. The molecule has 0 radical (unpaired) electrons. The molecule has 2 N–H and O–H groups in total. The Bertz CT molecular complexity index is 967. The number of carbonyl (C=O) groups excluding carboxylic acids is 2. The van der Waals surface area contributed by atoms with Crippen molar-refractivity contribution >= 4 is 43.3 Å². The minimum absolute atomic E-state index is 0.00283. The third-order valence-corrected chi connectivity index (χ3v) is 7.30. The number of sulfone groups is 1. The third-order valence-electron chi connectivity index (χ3n) is 3.78. The average molecular weight is 457 g/mol. The van der Waals surface area contributed by atoms with Gasteiger partial charge in [-0.25, -0.2) is 25.9 Å². The van der Waals surface area contributed by atoms with Gasteiger partial charge in [-0.15, -0.1) is 0 Å². The van der Waals surface area contributed by atoms with Gasteiger partial charge in [-0.1, -0.05) is 11.6 Å². The van der Waals surface area contributed by atoms with Gasteiger partial charge in [0.25, 0.3) is 5.91 Å². The number of sulfonamides is 1. The Labute approximate surface area is 166 Å². The van der Waals surface area contributed by atoms with Crippen molar-refractivity contribution in [3.63, 3.8) is 0 Å². The van der Waals surface area contributed by atoms with Gasteiger partial charge in [0, 0.05) is 12.6 Å². The molecule has 0 saturated carbocycles. The number of nitrogens with one attached hydrogen (secondary N) is 2. The number of ether oxygens (including phenoxy) is 1. The second-order valence-electron chi connectivity index (χ2n) is 6.05. The molecule has 0 spiro atoms. The van der Waals surface area contributed by atoms with E-state index in [9.17, 15) is 30.8 Å². The van der Waals surface area contributed by atoms with Gasteiger partial charge in [-0.05, 0) is 24.6 Å². The third kappa shape index (κ3) is 6.69. The molecular formula is C15H18ClFN2O7S2. The summed E-state index contributed by atoms with van der Waals surface area (Å²) in [5.41, 5.74) is 0. The van der Waals surface area contributed by atoms with Crippen LogP contribution >= 0.6 is 11.6 Å². The molecule has 1 amide bonds. The standard InChI is InChI=1S/C15H18ClFN2O7S2/c16-12-7-11(1-2-13(12)17)28(24,25)18-5-3-15(21)26-8-14(20)19-10-4-6-27(22,23)9-10/h1-2,7,10,18H,3-6,8-9H2,(H,19,20)/t10-/m1/s1. The Balaban J connectivity index is 1.72. The fourth-order valence-corrected chi connectivity index (χ4v) is 5.39. The second-order valence-corrected chi connectivity index (χ2v) is 10.5. The molecule has 1 atom stereocenters. The van der Waals surface area contributed by atoms with E-state index in [2.05, 4.69) is 10.0 Å². The van der Waals surface area contributed by atoms with E-state index < -0.39 is 50.2 Å². The maximum Gasteiger partial charge on any atom is 0.307 e. The molecule has 28 heavy (non-hydrogen) atoms. The number of amides is 1. The van der Waals surface area contributed by atoms with Gasteiger partial charge in [0.2, 0.25) is 10.0 Å². The van der Waals surface area contributed by atoms with E-state index in [1.165, 1.54) is 0 Å². The fraction of sp³-hybridized carbons (Fsp3) is 0.467. The van der Waals surface area contributed by atoms with Crippen LogP contribution in [0.15, 0.2) is 23.1 Å². The van der Waals surface area contributed by atoms with Crippen LogP contribution in [0.1, 0.15) is 12.8 Å². The molecule has 0 unspecified atom stereocenters. The summed E-state index contributed by atoms with van der Waals surface area (Å²) in [6.07, 6.45) is -0.0452. The summed E-state index contributed by atoms with van der Waals surface area (Å²) in [6.45, 7) is -0.908. The van der Waals surface area contributed by atoms with Crippen LogP contribution in [0.2, 0.25) is 5.02 Å². The number of rotatable bonds is 8. The summed E-state index contributed by atoms with van der Waals surface area (Å²) < 4.78 is 66.6. The molecule has 0 aliphatic carbocycles. The van der Waals surface area contributed by atoms with E-state index in [0.717, 1.165) is 18.2 Å². The van der Waals surface area contributed by atoms with Crippen molar-refractivity contribution in [3.05, 3.63) is 29.0 Å². The van der Waals surface area contributed by atoms with Crippen LogP contribution in [0.4, 0.5) is 4.39 Å². The Hall–Kier alpha value is -1.76. The van der Waals surface area contributed by atoms with Crippen molar-refractivity contribution in [2.75, 3.05) is 24.7 Å². The normalized spacial score (nSPS) is 18.6. The SMILES string of the molecule is O=C(COC(=O)CCNS(=O)(=O)c1ccc(F)c(Cl)c1)N[C@@H]1CCS(=O)(=O)C1. The number of hydrogen-bond acceptors (Lipinski definition) is 7. The fourth-order valence-electron chi connectivity index (χ4n) is 2.41. The first-order valence-electron chi connectivity index (χ1n) is 8.09. The zero-order valence-corrected chi connectivity index (χ0v) is 16.9. The number of carbonyl (C=O) groups is 2. The van der Waals surface area contributed by atoms with Crippen LogP contribution in [0.25, 0.3) is 0 Å². The maximum absolute atomic E-state index is 13.1. The molecule has 1 heterocycles.